The van der Waals surface area contributed by atoms with E-state index in [2.05, 4.69) is 9.97 Å². The summed E-state index contributed by atoms with van der Waals surface area (Å²) in [6.07, 6.45) is 7.23. The third-order valence-corrected chi connectivity index (χ3v) is 4.64. The van der Waals surface area contributed by atoms with E-state index in [1.165, 1.54) is 0 Å². The van der Waals surface area contributed by atoms with E-state index in [4.69, 9.17) is 5.11 Å². The van der Waals surface area contributed by atoms with E-state index in [-0.39, 0.29) is 10.4 Å². The summed E-state index contributed by atoms with van der Waals surface area (Å²) in [5, 5.41) is 9.50. The average molecular weight is 338 g/mol. The van der Waals surface area contributed by atoms with Gasteiger partial charge in [-0.1, -0.05) is 48.6 Å². The lowest BCUT2D eigenvalue weighted by atomic mass is 10.2. The van der Waals surface area contributed by atoms with E-state index < -0.39 is 5.97 Å². The van der Waals surface area contributed by atoms with Crippen molar-refractivity contribution in [2.75, 3.05) is 0 Å². The molecular formula is C18H14N2O3S. The van der Waals surface area contributed by atoms with Crippen LogP contribution in [0.2, 0.25) is 0 Å². The number of rotatable bonds is 4. The van der Waals surface area contributed by atoms with Crippen LogP contribution in [0.25, 0.3) is 22.4 Å². The second-order valence-corrected chi connectivity index (χ2v) is 6.12. The third kappa shape index (κ3) is 3.18. The van der Waals surface area contributed by atoms with Gasteiger partial charge in [0.25, 0.3) is 5.56 Å². The molecule has 0 saturated heterocycles. The Morgan fingerprint density at radius 1 is 1.21 bits per heavy atom. The van der Waals surface area contributed by atoms with E-state index in [9.17, 15) is 9.59 Å². The molecule has 0 aliphatic carbocycles. The summed E-state index contributed by atoms with van der Waals surface area (Å²) in [5.41, 5.74) is 1.20. The van der Waals surface area contributed by atoms with Gasteiger partial charge in [0.2, 0.25) is 0 Å². The van der Waals surface area contributed by atoms with Crippen molar-refractivity contribution in [3.05, 3.63) is 74.7 Å². The van der Waals surface area contributed by atoms with E-state index in [1.54, 1.807) is 19.1 Å². The van der Waals surface area contributed by atoms with Crippen LogP contribution in [0, 0.1) is 6.92 Å². The van der Waals surface area contributed by atoms with Crippen molar-refractivity contribution >= 4 is 39.7 Å². The number of allylic oxidation sites excluding steroid dienone is 2. The highest BCUT2D eigenvalue weighted by Gasteiger charge is 2.17. The number of carbonyl (C=O) groups is 1. The third-order valence-electron chi connectivity index (χ3n) is 3.47. The van der Waals surface area contributed by atoms with Gasteiger partial charge < -0.3 is 10.1 Å². The predicted molar refractivity (Wildman–Crippen MR) is 96.4 cm³/mol. The number of benzene rings is 1. The molecule has 0 unspecified atom stereocenters. The Balaban J connectivity index is 1.91. The van der Waals surface area contributed by atoms with Crippen molar-refractivity contribution in [1.29, 1.82) is 0 Å². The summed E-state index contributed by atoms with van der Waals surface area (Å²) in [4.78, 5) is 30.9. The highest BCUT2D eigenvalue weighted by Crippen LogP contribution is 2.26. The lowest BCUT2D eigenvalue weighted by Gasteiger charge is -1.94. The molecule has 1 aromatic carbocycles. The Bertz CT molecular complexity index is 1010. The summed E-state index contributed by atoms with van der Waals surface area (Å²) in [6.45, 7) is 1.62. The van der Waals surface area contributed by atoms with E-state index in [1.807, 2.05) is 42.5 Å². The molecule has 0 atom stereocenters. The molecule has 0 radical (unpaired) electrons. The van der Waals surface area contributed by atoms with Gasteiger partial charge in [-0.15, -0.1) is 11.3 Å². The number of aryl methyl sites for hydroxylation is 1. The van der Waals surface area contributed by atoms with Crippen molar-refractivity contribution in [1.82, 2.24) is 9.97 Å². The molecule has 0 saturated carbocycles. The minimum absolute atomic E-state index is 0.146. The number of H-pyrrole nitrogens is 1. The van der Waals surface area contributed by atoms with Crippen LogP contribution in [0.4, 0.5) is 0 Å². The van der Waals surface area contributed by atoms with E-state index in [0.29, 0.717) is 21.6 Å². The molecule has 5 nitrogen and oxygen atoms in total. The number of thiophene rings is 1. The molecule has 6 heteroatoms. The van der Waals surface area contributed by atoms with Gasteiger partial charge in [-0.2, -0.15) is 0 Å². The first kappa shape index (κ1) is 15.9. The first-order chi connectivity index (χ1) is 11.6. The maximum absolute atomic E-state index is 12.2. The summed E-state index contributed by atoms with van der Waals surface area (Å²) in [7, 11) is 0. The molecule has 120 valence electrons. The number of aromatic carboxylic acids is 1. The van der Waals surface area contributed by atoms with Crippen molar-refractivity contribution < 1.29 is 9.90 Å². The minimum Gasteiger partial charge on any atom is -0.477 e. The smallest absolute Gasteiger partial charge is 0.346 e. The molecule has 0 spiro atoms. The lowest BCUT2D eigenvalue weighted by Crippen LogP contribution is -2.09. The quantitative estimate of drug-likeness (QED) is 0.710. The second kappa shape index (κ2) is 6.64. The number of aromatic amines is 1. The molecule has 2 aromatic heterocycles. The van der Waals surface area contributed by atoms with Gasteiger partial charge in [0.15, 0.2) is 0 Å². The minimum atomic E-state index is -1.04. The highest BCUT2D eigenvalue weighted by molar-refractivity contribution is 7.20. The van der Waals surface area contributed by atoms with Crippen LogP contribution in [-0.2, 0) is 0 Å². The zero-order chi connectivity index (χ0) is 17.1. The Morgan fingerprint density at radius 2 is 1.92 bits per heavy atom. The van der Waals surface area contributed by atoms with Gasteiger partial charge in [-0.25, -0.2) is 9.78 Å². The van der Waals surface area contributed by atoms with Gasteiger partial charge in [0.05, 0.1) is 5.39 Å². The molecule has 2 heterocycles. The number of carboxylic acid groups (broad SMARTS) is 1. The second-order valence-electron chi connectivity index (χ2n) is 5.12. The molecule has 0 fully saturated rings. The number of hydrogen-bond donors (Lipinski definition) is 2. The van der Waals surface area contributed by atoms with Gasteiger partial charge >= 0.3 is 5.97 Å². The van der Waals surface area contributed by atoms with Crippen molar-refractivity contribution in [3.63, 3.8) is 0 Å². The van der Waals surface area contributed by atoms with Crippen molar-refractivity contribution in [2.45, 2.75) is 6.92 Å². The zero-order valence-corrected chi connectivity index (χ0v) is 13.6. The molecule has 24 heavy (non-hydrogen) atoms. The first-order valence-corrected chi connectivity index (χ1v) is 8.04. The molecule has 0 bridgehead atoms. The Kier molecular flexibility index (Phi) is 4.39. The van der Waals surface area contributed by atoms with Gasteiger partial charge in [-0.05, 0) is 24.1 Å². The fraction of sp³-hybridized carbons (Fsp3) is 0.0556. The molecule has 0 amide bonds. The Hall–Kier alpha value is -2.99. The number of nitrogens with zero attached hydrogens (tertiary/aromatic N) is 1. The fourth-order valence-corrected chi connectivity index (χ4v) is 3.35. The Morgan fingerprint density at radius 3 is 2.62 bits per heavy atom. The number of fused-ring (bicyclic) bond motifs is 1. The van der Waals surface area contributed by atoms with Gasteiger partial charge in [-0.3, -0.25) is 4.79 Å². The first-order valence-electron chi connectivity index (χ1n) is 7.23. The monoisotopic (exact) mass is 338 g/mol. The van der Waals surface area contributed by atoms with Crippen LogP contribution in [0.5, 0.6) is 0 Å². The average Bonchev–Trinajstić information content (AvgIpc) is 2.90. The fourth-order valence-electron chi connectivity index (χ4n) is 2.32. The summed E-state index contributed by atoms with van der Waals surface area (Å²) in [5.74, 6) is -0.652. The Labute approximate surface area is 141 Å². The largest absolute Gasteiger partial charge is 0.477 e. The van der Waals surface area contributed by atoms with Crippen LogP contribution >= 0.6 is 11.3 Å². The van der Waals surface area contributed by atoms with Crippen LogP contribution in [0.3, 0.4) is 0 Å². The zero-order valence-electron chi connectivity index (χ0n) is 12.8. The van der Waals surface area contributed by atoms with Crippen LogP contribution in [0.15, 0.2) is 47.3 Å². The van der Waals surface area contributed by atoms with Crippen LogP contribution in [-0.4, -0.2) is 21.0 Å². The van der Waals surface area contributed by atoms with Crippen LogP contribution in [0.1, 0.15) is 26.6 Å². The molecular weight excluding hydrogens is 324 g/mol. The number of nitrogens with one attached hydrogen (secondary N) is 1. The van der Waals surface area contributed by atoms with Crippen molar-refractivity contribution in [2.24, 2.45) is 0 Å². The SMILES string of the molecule is Cc1c(C(=O)O)sc2nc(/C=C/C=C/c3ccccc3)[nH]c(=O)c12. The lowest BCUT2D eigenvalue weighted by molar-refractivity contribution is 0.0701. The van der Waals surface area contributed by atoms with Gasteiger partial charge in [0, 0.05) is 0 Å². The maximum Gasteiger partial charge on any atom is 0.346 e. The van der Waals surface area contributed by atoms with Gasteiger partial charge in [0.1, 0.15) is 15.5 Å². The molecule has 3 rings (SSSR count). The van der Waals surface area contributed by atoms with E-state index in [0.717, 1.165) is 16.9 Å². The van der Waals surface area contributed by atoms with E-state index >= 15 is 0 Å². The standard InChI is InChI=1S/C18H14N2O3S/c1-11-14-16(21)19-13(20-17(14)24-15(11)18(22)23)10-6-5-9-12-7-3-2-4-8-12/h2-10H,1H3,(H,22,23)(H,19,20,21)/b9-5+,10-6+. The topological polar surface area (TPSA) is 83.0 Å². The molecule has 0 aliphatic heterocycles. The molecule has 0 aliphatic rings. The summed E-state index contributed by atoms with van der Waals surface area (Å²) in [6, 6.07) is 9.83. The normalized spacial score (nSPS) is 11.7. The number of hydrogen-bond acceptors (Lipinski definition) is 4. The van der Waals surface area contributed by atoms with Crippen molar-refractivity contribution in [3.8, 4) is 0 Å². The number of aromatic nitrogens is 2. The van der Waals surface area contributed by atoms with Crippen LogP contribution < -0.4 is 5.56 Å². The summed E-state index contributed by atoms with van der Waals surface area (Å²) < 4.78 is 0. The maximum atomic E-state index is 12.2. The number of carboxylic acids is 1. The highest BCUT2D eigenvalue weighted by atomic mass is 32.1. The molecule has 2 N–H and O–H groups in total. The summed E-state index contributed by atoms with van der Waals surface area (Å²) >= 11 is 1.01. The predicted octanol–water partition coefficient (Wildman–Crippen LogP) is 3.72. The molecule has 3 aromatic rings.